The summed E-state index contributed by atoms with van der Waals surface area (Å²) < 4.78 is 16.7. The molecule has 4 aromatic rings. The SMILES string of the molecule is Cc1noc(-c2ccc(-c3ncc(C4(C(=O)O)CC4)o3)cc2)c1NC(=O)OC(C)c1ccccc1. The zero-order chi connectivity index (χ0) is 24.6. The average molecular weight is 473 g/mol. The maximum atomic E-state index is 12.5. The molecule has 35 heavy (non-hydrogen) atoms. The lowest BCUT2D eigenvalue weighted by atomic mass is 10.1. The van der Waals surface area contributed by atoms with Gasteiger partial charge in [0.1, 0.15) is 28.7 Å². The van der Waals surface area contributed by atoms with Crippen LogP contribution in [0.1, 0.15) is 42.9 Å². The second-order valence-corrected chi connectivity index (χ2v) is 8.55. The Labute approximate surface area is 200 Å². The summed E-state index contributed by atoms with van der Waals surface area (Å²) in [5.74, 6) is 0.191. The number of carboxylic acid groups (broad SMARTS) is 1. The number of rotatable bonds is 7. The van der Waals surface area contributed by atoms with E-state index in [-0.39, 0.29) is 0 Å². The lowest BCUT2D eigenvalue weighted by Gasteiger charge is -2.14. The van der Waals surface area contributed by atoms with Gasteiger partial charge < -0.3 is 18.8 Å². The van der Waals surface area contributed by atoms with Crippen molar-refractivity contribution < 1.29 is 28.4 Å². The number of carboxylic acids is 1. The first-order valence-corrected chi connectivity index (χ1v) is 11.2. The number of amides is 1. The van der Waals surface area contributed by atoms with Crippen molar-refractivity contribution in [2.75, 3.05) is 5.32 Å². The van der Waals surface area contributed by atoms with Crippen LogP contribution in [0.2, 0.25) is 0 Å². The summed E-state index contributed by atoms with van der Waals surface area (Å²) in [5.41, 5.74) is 2.22. The van der Waals surface area contributed by atoms with Gasteiger partial charge in [-0.1, -0.05) is 47.6 Å². The van der Waals surface area contributed by atoms with Gasteiger partial charge in [0, 0.05) is 11.1 Å². The van der Waals surface area contributed by atoms with Crippen LogP contribution in [0.4, 0.5) is 10.5 Å². The molecule has 9 heteroatoms. The predicted octanol–water partition coefficient (Wildman–Crippen LogP) is 5.73. The van der Waals surface area contributed by atoms with Crippen molar-refractivity contribution in [1.82, 2.24) is 10.1 Å². The molecule has 0 bridgehead atoms. The largest absolute Gasteiger partial charge is 0.480 e. The number of nitrogens with zero attached hydrogens (tertiary/aromatic N) is 2. The number of aliphatic carboxylic acids is 1. The van der Waals surface area contributed by atoms with Crippen molar-refractivity contribution in [1.29, 1.82) is 0 Å². The Kier molecular flexibility index (Phi) is 5.60. The number of hydrogen-bond donors (Lipinski definition) is 2. The van der Waals surface area contributed by atoms with Gasteiger partial charge in [0.05, 0.1) is 6.20 Å². The number of anilines is 1. The van der Waals surface area contributed by atoms with Gasteiger partial charge >= 0.3 is 12.1 Å². The van der Waals surface area contributed by atoms with Crippen molar-refractivity contribution in [2.45, 2.75) is 38.2 Å². The molecule has 2 heterocycles. The van der Waals surface area contributed by atoms with Crippen molar-refractivity contribution in [3.05, 3.63) is 77.8 Å². The summed E-state index contributed by atoms with van der Waals surface area (Å²) in [6.45, 7) is 3.52. The molecule has 0 aliphatic heterocycles. The molecule has 5 rings (SSSR count). The van der Waals surface area contributed by atoms with E-state index in [1.807, 2.05) is 30.3 Å². The number of nitrogens with one attached hydrogen (secondary N) is 1. The van der Waals surface area contributed by atoms with E-state index in [4.69, 9.17) is 13.7 Å². The maximum absolute atomic E-state index is 12.5. The molecule has 0 saturated heterocycles. The van der Waals surface area contributed by atoms with Gasteiger partial charge in [-0.3, -0.25) is 10.1 Å². The van der Waals surface area contributed by atoms with Crippen molar-refractivity contribution in [3.8, 4) is 22.8 Å². The van der Waals surface area contributed by atoms with Gasteiger partial charge in [0.25, 0.3) is 0 Å². The molecule has 0 radical (unpaired) electrons. The minimum Gasteiger partial charge on any atom is -0.480 e. The van der Waals surface area contributed by atoms with Gasteiger partial charge in [-0.05, 0) is 44.4 Å². The molecule has 0 spiro atoms. The predicted molar refractivity (Wildman–Crippen MR) is 126 cm³/mol. The summed E-state index contributed by atoms with van der Waals surface area (Å²) >= 11 is 0. The second kappa shape index (κ2) is 8.75. The molecule has 1 fully saturated rings. The molecule has 2 N–H and O–H groups in total. The Morgan fingerprint density at radius 3 is 2.43 bits per heavy atom. The minimum atomic E-state index is -0.949. The standard InChI is InChI=1S/C26H23N3O6/c1-15-21(28-25(32)33-16(2)17-6-4-3-5-7-17)22(35-29-15)18-8-10-19(11-9-18)23-27-14-20(34-23)26(12-13-26)24(30)31/h3-11,14,16H,12-13H2,1-2H3,(H,28,32)(H,30,31). The van der Waals surface area contributed by atoms with Gasteiger partial charge in [-0.25, -0.2) is 9.78 Å². The highest BCUT2D eigenvalue weighted by Crippen LogP contribution is 2.49. The van der Waals surface area contributed by atoms with Crippen LogP contribution in [0.3, 0.4) is 0 Å². The highest BCUT2D eigenvalue weighted by molar-refractivity contribution is 5.91. The average Bonchev–Trinajstić information content (AvgIpc) is 3.40. The fraction of sp³-hybridized carbons (Fsp3) is 0.231. The van der Waals surface area contributed by atoms with Crippen LogP contribution >= 0.6 is 0 Å². The number of oxazole rings is 1. The van der Waals surface area contributed by atoms with Gasteiger partial charge in [-0.15, -0.1) is 0 Å². The number of ether oxygens (including phenoxy) is 1. The minimum absolute atomic E-state index is 0.338. The van der Waals surface area contributed by atoms with Crippen LogP contribution in [-0.2, 0) is 14.9 Å². The van der Waals surface area contributed by atoms with E-state index in [0.29, 0.717) is 52.8 Å². The second-order valence-electron chi connectivity index (χ2n) is 8.55. The van der Waals surface area contributed by atoms with E-state index in [1.54, 1.807) is 38.1 Å². The van der Waals surface area contributed by atoms with Crippen LogP contribution in [0.25, 0.3) is 22.8 Å². The van der Waals surface area contributed by atoms with Crippen LogP contribution in [0, 0.1) is 6.92 Å². The van der Waals surface area contributed by atoms with Crippen LogP contribution in [0.5, 0.6) is 0 Å². The third-order valence-corrected chi connectivity index (χ3v) is 6.17. The van der Waals surface area contributed by atoms with Gasteiger partial charge in [0.2, 0.25) is 5.89 Å². The zero-order valence-electron chi connectivity index (χ0n) is 19.1. The molecule has 178 valence electrons. The van der Waals surface area contributed by atoms with Crippen molar-refractivity contribution >= 4 is 17.7 Å². The van der Waals surface area contributed by atoms with E-state index in [1.165, 1.54) is 6.20 Å². The molecule has 1 unspecified atom stereocenters. The molecule has 9 nitrogen and oxygen atoms in total. The van der Waals surface area contributed by atoms with E-state index >= 15 is 0 Å². The van der Waals surface area contributed by atoms with E-state index in [2.05, 4.69) is 15.5 Å². The molecule has 1 saturated carbocycles. The summed E-state index contributed by atoms with van der Waals surface area (Å²) in [6.07, 6.45) is 1.52. The number of benzene rings is 2. The summed E-state index contributed by atoms with van der Waals surface area (Å²) in [4.78, 5) is 28.3. The Balaban J connectivity index is 1.31. The smallest absolute Gasteiger partial charge is 0.412 e. The number of aromatic nitrogens is 2. The molecule has 1 aliphatic carbocycles. The Morgan fingerprint density at radius 2 is 1.77 bits per heavy atom. The lowest BCUT2D eigenvalue weighted by Crippen LogP contribution is -2.18. The molecular formula is C26H23N3O6. The summed E-state index contributed by atoms with van der Waals surface area (Å²) in [6, 6.07) is 16.6. The van der Waals surface area contributed by atoms with Crippen LogP contribution in [-0.4, -0.2) is 27.3 Å². The molecule has 1 atom stereocenters. The lowest BCUT2D eigenvalue weighted by molar-refractivity contribution is -0.140. The molecule has 1 amide bonds. The fourth-order valence-electron chi connectivity index (χ4n) is 3.88. The molecule has 2 aromatic carbocycles. The van der Waals surface area contributed by atoms with Gasteiger partial charge in [-0.2, -0.15) is 0 Å². The number of hydrogen-bond acceptors (Lipinski definition) is 7. The quantitative estimate of drug-likeness (QED) is 0.348. The molecular weight excluding hydrogens is 450 g/mol. The zero-order valence-corrected chi connectivity index (χ0v) is 19.1. The first-order valence-electron chi connectivity index (χ1n) is 11.2. The van der Waals surface area contributed by atoms with Crippen LogP contribution < -0.4 is 5.32 Å². The van der Waals surface area contributed by atoms with Crippen molar-refractivity contribution in [2.24, 2.45) is 0 Å². The van der Waals surface area contributed by atoms with E-state index in [9.17, 15) is 14.7 Å². The fourth-order valence-corrected chi connectivity index (χ4v) is 3.88. The highest BCUT2D eigenvalue weighted by atomic mass is 16.6. The third kappa shape index (κ3) is 4.28. The Bertz CT molecular complexity index is 1370. The third-order valence-electron chi connectivity index (χ3n) is 6.17. The molecule has 2 aromatic heterocycles. The number of carbonyl (C=O) groups is 2. The topological polar surface area (TPSA) is 128 Å². The maximum Gasteiger partial charge on any atom is 0.412 e. The van der Waals surface area contributed by atoms with E-state index < -0.39 is 23.6 Å². The normalized spacial score (nSPS) is 14.8. The van der Waals surface area contributed by atoms with Crippen molar-refractivity contribution in [3.63, 3.8) is 0 Å². The van der Waals surface area contributed by atoms with Crippen LogP contribution in [0.15, 0.2) is 69.7 Å². The highest BCUT2D eigenvalue weighted by Gasteiger charge is 2.55. The Hall–Kier alpha value is -4.40. The monoisotopic (exact) mass is 473 g/mol. The number of aryl methyl sites for hydroxylation is 1. The first-order chi connectivity index (χ1) is 16.9. The van der Waals surface area contributed by atoms with E-state index in [0.717, 1.165) is 5.56 Å². The number of carbonyl (C=O) groups excluding carboxylic acids is 1. The van der Waals surface area contributed by atoms with Gasteiger partial charge in [0.15, 0.2) is 5.76 Å². The Morgan fingerprint density at radius 1 is 1.09 bits per heavy atom. The summed E-state index contributed by atoms with van der Waals surface area (Å²) in [7, 11) is 0. The summed E-state index contributed by atoms with van der Waals surface area (Å²) in [5, 5.41) is 16.2. The molecule has 1 aliphatic rings. The first kappa shape index (κ1) is 22.4.